The van der Waals surface area contributed by atoms with E-state index < -0.39 is 18.0 Å². The summed E-state index contributed by atoms with van der Waals surface area (Å²) >= 11 is 3.05. The van der Waals surface area contributed by atoms with Crippen LogP contribution in [0.2, 0.25) is 0 Å². The van der Waals surface area contributed by atoms with E-state index in [2.05, 4.69) is 15.9 Å². The van der Waals surface area contributed by atoms with Crippen molar-refractivity contribution in [3.63, 3.8) is 0 Å². The average molecular weight is 263 g/mol. The van der Waals surface area contributed by atoms with Crippen LogP contribution in [0.5, 0.6) is 0 Å². The lowest BCUT2D eigenvalue weighted by Crippen LogP contribution is -2.19. The van der Waals surface area contributed by atoms with Crippen LogP contribution < -0.4 is 0 Å². The van der Waals surface area contributed by atoms with Gasteiger partial charge in [0.25, 0.3) is 0 Å². The van der Waals surface area contributed by atoms with Crippen LogP contribution in [0, 0.1) is 12.7 Å². The van der Waals surface area contributed by atoms with Crippen molar-refractivity contribution in [2.24, 2.45) is 0 Å². The zero-order chi connectivity index (χ0) is 10.7. The molecule has 0 spiro atoms. The Bertz CT molecular complexity index is 297. The third kappa shape index (κ3) is 2.77. The van der Waals surface area contributed by atoms with Gasteiger partial charge in [0.2, 0.25) is 0 Å². The Morgan fingerprint density at radius 1 is 1.36 bits per heavy atom. The van der Waals surface area contributed by atoms with Gasteiger partial charge in [0, 0.05) is 5.33 Å². The van der Waals surface area contributed by atoms with Crippen molar-refractivity contribution < 1.29 is 14.6 Å². The number of aliphatic hydroxyl groups is 2. The predicted molar refractivity (Wildman–Crippen MR) is 55.9 cm³/mol. The molecule has 0 aliphatic rings. The highest BCUT2D eigenvalue weighted by Crippen LogP contribution is 2.20. The molecule has 0 fully saturated rings. The summed E-state index contributed by atoms with van der Waals surface area (Å²) in [7, 11) is 0. The first-order valence-electron chi connectivity index (χ1n) is 4.23. The second-order valence-corrected chi connectivity index (χ2v) is 3.88. The van der Waals surface area contributed by atoms with Gasteiger partial charge in [-0.15, -0.1) is 0 Å². The second kappa shape index (κ2) is 4.87. The average Bonchev–Trinajstić information content (AvgIpc) is 2.14. The first kappa shape index (κ1) is 11.6. The minimum Gasteiger partial charge on any atom is -0.389 e. The Labute approximate surface area is 90.5 Å². The number of rotatable bonds is 3. The van der Waals surface area contributed by atoms with Crippen molar-refractivity contribution in [1.82, 2.24) is 0 Å². The van der Waals surface area contributed by atoms with E-state index in [1.165, 1.54) is 12.1 Å². The van der Waals surface area contributed by atoms with Crippen LogP contribution in [0.4, 0.5) is 4.39 Å². The summed E-state index contributed by atoms with van der Waals surface area (Å²) in [6.45, 7) is 1.74. The highest BCUT2D eigenvalue weighted by molar-refractivity contribution is 9.09. The minimum absolute atomic E-state index is 0.254. The number of hydrogen-bond donors (Lipinski definition) is 2. The Hall–Kier alpha value is -0.450. The second-order valence-electron chi connectivity index (χ2n) is 3.23. The molecule has 4 heteroatoms. The molecule has 0 bridgehead atoms. The number of hydrogen-bond acceptors (Lipinski definition) is 2. The summed E-state index contributed by atoms with van der Waals surface area (Å²) in [4.78, 5) is 0. The maximum atomic E-state index is 13.0. The molecule has 14 heavy (non-hydrogen) atoms. The molecule has 0 saturated carbocycles. The van der Waals surface area contributed by atoms with E-state index in [1.807, 2.05) is 0 Å². The molecule has 0 heterocycles. The molecule has 0 aliphatic carbocycles. The number of aliphatic hydroxyl groups excluding tert-OH is 2. The number of benzene rings is 1. The zero-order valence-electron chi connectivity index (χ0n) is 7.74. The minimum atomic E-state index is -1.05. The van der Waals surface area contributed by atoms with Gasteiger partial charge in [0.15, 0.2) is 0 Å². The SMILES string of the molecule is Cc1cc(F)cc(C(O)C(O)CBr)c1. The van der Waals surface area contributed by atoms with Gasteiger partial charge < -0.3 is 10.2 Å². The molecule has 2 atom stereocenters. The summed E-state index contributed by atoms with van der Waals surface area (Å²) < 4.78 is 13.0. The van der Waals surface area contributed by atoms with Crippen LogP contribution in [-0.2, 0) is 0 Å². The Morgan fingerprint density at radius 3 is 2.50 bits per heavy atom. The van der Waals surface area contributed by atoms with Gasteiger partial charge in [0.05, 0.1) is 6.10 Å². The lowest BCUT2D eigenvalue weighted by molar-refractivity contribution is 0.0341. The highest BCUT2D eigenvalue weighted by atomic mass is 79.9. The van der Waals surface area contributed by atoms with Crippen molar-refractivity contribution in [3.05, 3.63) is 35.1 Å². The Balaban J connectivity index is 2.94. The van der Waals surface area contributed by atoms with Gasteiger partial charge in [-0.05, 0) is 30.2 Å². The number of halogens is 2. The van der Waals surface area contributed by atoms with Crippen LogP contribution >= 0.6 is 15.9 Å². The fraction of sp³-hybridized carbons (Fsp3) is 0.400. The van der Waals surface area contributed by atoms with E-state index in [-0.39, 0.29) is 5.33 Å². The molecule has 0 saturated heterocycles. The van der Waals surface area contributed by atoms with E-state index >= 15 is 0 Å². The summed E-state index contributed by atoms with van der Waals surface area (Å²) in [6, 6.07) is 4.25. The first-order valence-corrected chi connectivity index (χ1v) is 5.36. The molecule has 1 aromatic rings. The molecular weight excluding hydrogens is 251 g/mol. The van der Waals surface area contributed by atoms with Crippen molar-refractivity contribution in [2.75, 3.05) is 5.33 Å². The monoisotopic (exact) mass is 262 g/mol. The molecule has 0 aromatic heterocycles. The quantitative estimate of drug-likeness (QED) is 0.818. The maximum absolute atomic E-state index is 13.0. The van der Waals surface area contributed by atoms with Crippen LogP contribution in [0.25, 0.3) is 0 Å². The molecule has 0 aliphatic heterocycles. The third-order valence-corrected chi connectivity index (χ3v) is 2.59. The van der Waals surface area contributed by atoms with Gasteiger partial charge >= 0.3 is 0 Å². The Morgan fingerprint density at radius 2 is 2.00 bits per heavy atom. The molecule has 0 amide bonds. The Kier molecular flexibility index (Phi) is 4.04. The van der Waals surface area contributed by atoms with E-state index in [0.29, 0.717) is 5.56 Å². The maximum Gasteiger partial charge on any atom is 0.123 e. The standard InChI is InChI=1S/C10H12BrFO2/c1-6-2-7(4-8(12)3-6)10(14)9(13)5-11/h2-4,9-10,13-14H,5H2,1H3. The molecule has 2 N–H and O–H groups in total. The zero-order valence-corrected chi connectivity index (χ0v) is 9.33. The normalized spacial score (nSPS) is 15.2. The fourth-order valence-electron chi connectivity index (χ4n) is 1.24. The van der Waals surface area contributed by atoms with Crippen LogP contribution in [0.1, 0.15) is 17.2 Å². The van der Waals surface area contributed by atoms with Crippen molar-refractivity contribution in [2.45, 2.75) is 19.1 Å². The lowest BCUT2D eigenvalue weighted by atomic mass is 10.0. The first-order chi connectivity index (χ1) is 6.54. The van der Waals surface area contributed by atoms with Crippen molar-refractivity contribution in [3.8, 4) is 0 Å². The van der Waals surface area contributed by atoms with Gasteiger partial charge in [-0.1, -0.05) is 22.0 Å². The molecule has 2 unspecified atom stereocenters. The predicted octanol–water partition coefficient (Wildman–Crippen LogP) is 1.92. The van der Waals surface area contributed by atoms with Gasteiger partial charge in [-0.3, -0.25) is 0 Å². The third-order valence-electron chi connectivity index (χ3n) is 1.93. The summed E-state index contributed by atoms with van der Waals surface area (Å²) in [6.07, 6.45) is -1.97. The summed E-state index contributed by atoms with van der Waals surface area (Å²) in [5.41, 5.74) is 1.12. The number of alkyl halides is 1. The molecule has 1 aromatic carbocycles. The van der Waals surface area contributed by atoms with Gasteiger partial charge in [-0.25, -0.2) is 4.39 Å². The van der Waals surface area contributed by atoms with Crippen molar-refractivity contribution in [1.29, 1.82) is 0 Å². The molecule has 78 valence electrons. The van der Waals surface area contributed by atoms with Gasteiger partial charge in [-0.2, -0.15) is 0 Å². The molecule has 1 rings (SSSR count). The summed E-state index contributed by atoms with van der Waals surface area (Å²) in [5, 5.41) is 19.2. The molecule has 0 radical (unpaired) electrons. The van der Waals surface area contributed by atoms with E-state index in [4.69, 9.17) is 0 Å². The largest absolute Gasteiger partial charge is 0.389 e. The van der Waals surface area contributed by atoms with Crippen LogP contribution in [0.15, 0.2) is 18.2 Å². The van der Waals surface area contributed by atoms with Gasteiger partial charge in [0.1, 0.15) is 11.9 Å². The van der Waals surface area contributed by atoms with Crippen LogP contribution in [-0.4, -0.2) is 21.6 Å². The highest BCUT2D eigenvalue weighted by Gasteiger charge is 2.17. The fourth-order valence-corrected chi connectivity index (χ4v) is 1.60. The van der Waals surface area contributed by atoms with E-state index in [1.54, 1.807) is 13.0 Å². The lowest BCUT2D eigenvalue weighted by Gasteiger charge is -2.16. The topological polar surface area (TPSA) is 40.5 Å². The summed E-state index contributed by atoms with van der Waals surface area (Å²) in [5.74, 6) is -0.402. The smallest absolute Gasteiger partial charge is 0.123 e. The molecule has 2 nitrogen and oxygen atoms in total. The number of aryl methyl sites for hydroxylation is 1. The molecular formula is C10H12BrFO2. The van der Waals surface area contributed by atoms with E-state index in [0.717, 1.165) is 5.56 Å². The van der Waals surface area contributed by atoms with Crippen LogP contribution in [0.3, 0.4) is 0 Å². The van der Waals surface area contributed by atoms with Crippen molar-refractivity contribution >= 4 is 15.9 Å². The van der Waals surface area contributed by atoms with E-state index in [9.17, 15) is 14.6 Å².